The second-order valence-corrected chi connectivity index (χ2v) is 4.19. The molecule has 0 atom stereocenters. The highest BCUT2D eigenvalue weighted by Crippen LogP contribution is 2.29. The molecule has 1 aromatic heterocycles. The van der Waals surface area contributed by atoms with Gasteiger partial charge in [0.1, 0.15) is 6.07 Å². The number of hydrogen-bond donors (Lipinski definition) is 0. The summed E-state index contributed by atoms with van der Waals surface area (Å²) < 4.78 is 5.60. The van der Waals surface area contributed by atoms with E-state index < -0.39 is 0 Å². The topological polar surface area (TPSA) is 45.9 Å². The van der Waals surface area contributed by atoms with E-state index in [0.717, 1.165) is 18.5 Å². The minimum absolute atomic E-state index is 0.309. The van der Waals surface area contributed by atoms with E-state index in [2.05, 4.69) is 24.9 Å². The lowest BCUT2D eigenvalue weighted by atomic mass is 10.1. The third-order valence-electron chi connectivity index (χ3n) is 2.42. The molecule has 3 nitrogen and oxygen atoms in total. The van der Waals surface area contributed by atoms with E-state index >= 15 is 0 Å². The van der Waals surface area contributed by atoms with Crippen molar-refractivity contribution in [3.8, 4) is 11.8 Å². The maximum absolute atomic E-state index is 9.00. The molecule has 0 amide bonds. The van der Waals surface area contributed by atoms with Crippen molar-refractivity contribution < 1.29 is 4.74 Å². The Hall–Kier alpha value is -1.56. The molecule has 0 aromatic carbocycles. The van der Waals surface area contributed by atoms with Crippen LogP contribution in [0.4, 0.5) is 0 Å². The molecule has 0 unspecified atom stereocenters. The number of hydrogen-bond acceptors (Lipinski definition) is 3. The number of aromatic nitrogens is 1. The Morgan fingerprint density at radius 2 is 2.27 bits per heavy atom. The summed E-state index contributed by atoms with van der Waals surface area (Å²) in [4.78, 5) is 4.29. The standard InChI is InChI=1S/C12H14N2O/c1-8(2)11-5-9(6-13)12(7-14-11)15-10-3-4-10/h5,7-8,10H,3-4H2,1-2H3. The zero-order valence-corrected chi connectivity index (χ0v) is 9.03. The molecule has 0 saturated heterocycles. The Balaban J connectivity index is 2.26. The fourth-order valence-corrected chi connectivity index (χ4v) is 1.32. The number of nitrogens with zero attached hydrogens (tertiary/aromatic N) is 2. The van der Waals surface area contributed by atoms with Crippen molar-refractivity contribution in [1.82, 2.24) is 4.98 Å². The average molecular weight is 202 g/mol. The van der Waals surface area contributed by atoms with E-state index in [1.54, 1.807) is 6.20 Å². The summed E-state index contributed by atoms with van der Waals surface area (Å²) in [5, 5.41) is 9.00. The van der Waals surface area contributed by atoms with E-state index in [0.29, 0.717) is 23.3 Å². The fourth-order valence-electron chi connectivity index (χ4n) is 1.32. The van der Waals surface area contributed by atoms with Crippen molar-refractivity contribution in [1.29, 1.82) is 5.26 Å². The van der Waals surface area contributed by atoms with Crippen molar-refractivity contribution in [3.63, 3.8) is 0 Å². The molecule has 0 N–H and O–H groups in total. The molecule has 1 aliphatic rings. The van der Waals surface area contributed by atoms with Gasteiger partial charge in [-0.25, -0.2) is 0 Å². The molecule has 0 radical (unpaired) electrons. The van der Waals surface area contributed by atoms with E-state index in [1.807, 2.05) is 6.07 Å². The summed E-state index contributed by atoms with van der Waals surface area (Å²) in [6.07, 6.45) is 4.17. The maximum atomic E-state index is 9.00. The smallest absolute Gasteiger partial charge is 0.155 e. The minimum Gasteiger partial charge on any atom is -0.487 e. The van der Waals surface area contributed by atoms with Gasteiger partial charge in [-0.05, 0) is 24.8 Å². The summed E-state index contributed by atoms with van der Waals surface area (Å²) in [6, 6.07) is 3.98. The third-order valence-corrected chi connectivity index (χ3v) is 2.42. The number of nitriles is 1. The summed E-state index contributed by atoms with van der Waals surface area (Å²) in [5.41, 5.74) is 1.54. The van der Waals surface area contributed by atoms with Gasteiger partial charge in [0.2, 0.25) is 0 Å². The van der Waals surface area contributed by atoms with Gasteiger partial charge in [0.05, 0.1) is 17.9 Å². The average Bonchev–Trinajstić information content (AvgIpc) is 3.02. The van der Waals surface area contributed by atoms with Crippen LogP contribution in [0, 0.1) is 11.3 Å². The van der Waals surface area contributed by atoms with Crippen LogP contribution in [0.5, 0.6) is 5.75 Å². The normalized spacial score (nSPS) is 15.1. The second kappa shape index (κ2) is 3.90. The molecule has 1 heterocycles. The molecular weight excluding hydrogens is 188 g/mol. The van der Waals surface area contributed by atoms with Crippen LogP contribution in [0.1, 0.15) is 43.9 Å². The van der Waals surface area contributed by atoms with Crippen LogP contribution in [-0.2, 0) is 0 Å². The number of rotatable bonds is 3. The first-order valence-electron chi connectivity index (χ1n) is 5.27. The van der Waals surface area contributed by atoms with Crippen molar-refractivity contribution in [2.45, 2.75) is 38.7 Å². The monoisotopic (exact) mass is 202 g/mol. The van der Waals surface area contributed by atoms with Gasteiger partial charge in [-0.3, -0.25) is 4.98 Å². The van der Waals surface area contributed by atoms with Gasteiger partial charge in [-0.1, -0.05) is 13.8 Å². The maximum Gasteiger partial charge on any atom is 0.155 e. The molecular formula is C12H14N2O. The van der Waals surface area contributed by atoms with E-state index in [-0.39, 0.29) is 0 Å². The molecule has 0 bridgehead atoms. The lowest BCUT2D eigenvalue weighted by molar-refractivity contribution is 0.301. The second-order valence-electron chi connectivity index (χ2n) is 4.19. The van der Waals surface area contributed by atoms with E-state index in [1.165, 1.54) is 0 Å². The first kappa shape index (κ1) is 9.97. The summed E-state index contributed by atoms with van der Waals surface area (Å²) in [7, 11) is 0. The van der Waals surface area contributed by atoms with E-state index in [9.17, 15) is 0 Å². The van der Waals surface area contributed by atoms with Crippen molar-refractivity contribution in [3.05, 3.63) is 23.5 Å². The van der Waals surface area contributed by atoms with Gasteiger partial charge >= 0.3 is 0 Å². The Bertz CT molecular complexity index is 403. The molecule has 1 aliphatic carbocycles. The van der Waals surface area contributed by atoms with E-state index in [4.69, 9.17) is 10.00 Å². The van der Waals surface area contributed by atoms with Crippen LogP contribution in [0.3, 0.4) is 0 Å². The largest absolute Gasteiger partial charge is 0.487 e. The first-order valence-corrected chi connectivity index (χ1v) is 5.27. The highest BCUT2D eigenvalue weighted by atomic mass is 16.5. The zero-order chi connectivity index (χ0) is 10.8. The van der Waals surface area contributed by atoms with Crippen LogP contribution < -0.4 is 4.74 Å². The molecule has 1 saturated carbocycles. The van der Waals surface area contributed by atoms with Crippen LogP contribution in [-0.4, -0.2) is 11.1 Å². The molecule has 3 heteroatoms. The molecule has 1 fully saturated rings. The van der Waals surface area contributed by atoms with Crippen LogP contribution >= 0.6 is 0 Å². The van der Waals surface area contributed by atoms with Gasteiger partial charge in [0.25, 0.3) is 0 Å². The van der Waals surface area contributed by atoms with Gasteiger partial charge in [-0.15, -0.1) is 0 Å². The predicted molar refractivity (Wildman–Crippen MR) is 56.7 cm³/mol. The molecule has 1 aromatic rings. The number of pyridine rings is 1. The molecule has 15 heavy (non-hydrogen) atoms. The Morgan fingerprint density at radius 3 is 2.80 bits per heavy atom. The fraction of sp³-hybridized carbons (Fsp3) is 0.500. The SMILES string of the molecule is CC(C)c1cc(C#N)c(OC2CC2)cn1. The molecule has 2 rings (SSSR count). The van der Waals surface area contributed by atoms with Crippen LogP contribution in [0.15, 0.2) is 12.3 Å². The van der Waals surface area contributed by atoms with Crippen LogP contribution in [0.2, 0.25) is 0 Å². The Morgan fingerprint density at radius 1 is 1.53 bits per heavy atom. The highest BCUT2D eigenvalue weighted by Gasteiger charge is 2.24. The highest BCUT2D eigenvalue weighted by molar-refractivity contribution is 5.43. The Kier molecular flexibility index (Phi) is 2.59. The quantitative estimate of drug-likeness (QED) is 0.756. The van der Waals surface area contributed by atoms with Crippen LogP contribution in [0.25, 0.3) is 0 Å². The van der Waals surface area contributed by atoms with Gasteiger partial charge in [0.15, 0.2) is 5.75 Å². The third kappa shape index (κ3) is 2.27. The lowest BCUT2D eigenvalue weighted by Crippen LogP contribution is -2.01. The molecule has 78 valence electrons. The lowest BCUT2D eigenvalue weighted by Gasteiger charge is -2.09. The molecule has 0 spiro atoms. The summed E-state index contributed by atoms with van der Waals surface area (Å²) in [5.74, 6) is 0.969. The predicted octanol–water partition coefficient (Wildman–Crippen LogP) is 2.62. The van der Waals surface area contributed by atoms with Gasteiger partial charge < -0.3 is 4.74 Å². The summed E-state index contributed by atoms with van der Waals surface area (Å²) >= 11 is 0. The Labute approximate surface area is 89.7 Å². The molecule has 0 aliphatic heterocycles. The van der Waals surface area contributed by atoms with Crippen molar-refractivity contribution in [2.75, 3.05) is 0 Å². The van der Waals surface area contributed by atoms with Crippen molar-refractivity contribution in [2.24, 2.45) is 0 Å². The summed E-state index contributed by atoms with van der Waals surface area (Å²) in [6.45, 7) is 4.12. The zero-order valence-electron chi connectivity index (χ0n) is 9.03. The van der Waals surface area contributed by atoms with Gasteiger partial charge in [0, 0.05) is 5.69 Å². The van der Waals surface area contributed by atoms with Crippen molar-refractivity contribution >= 4 is 0 Å². The first-order chi connectivity index (χ1) is 7.20. The van der Waals surface area contributed by atoms with Gasteiger partial charge in [-0.2, -0.15) is 5.26 Å². The number of ether oxygens (including phenoxy) is 1. The minimum atomic E-state index is 0.309.